The van der Waals surface area contributed by atoms with Gasteiger partial charge in [0.1, 0.15) is 0 Å². The maximum atomic E-state index is 12.0. The van der Waals surface area contributed by atoms with Crippen molar-refractivity contribution in [2.24, 2.45) is 5.10 Å². The number of carbonyl (C=O) groups excluding carboxylic acids is 1. The molecule has 108 valence electrons. The summed E-state index contributed by atoms with van der Waals surface area (Å²) in [7, 11) is 0. The Labute approximate surface area is 127 Å². The quantitative estimate of drug-likeness (QED) is 0.573. The monoisotopic (exact) mass is 290 g/mol. The molecule has 3 aromatic rings. The van der Waals surface area contributed by atoms with Gasteiger partial charge >= 0.3 is 0 Å². The summed E-state index contributed by atoms with van der Waals surface area (Å²) in [5.41, 5.74) is 5.43. The van der Waals surface area contributed by atoms with Crippen molar-refractivity contribution in [3.05, 3.63) is 78.0 Å². The number of carbonyl (C=O) groups is 1. The van der Waals surface area contributed by atoms with Crippen LogP contribution in [0.4, 0.5) is 0 Å². The van der Waals surface area contributed by atoms with E-state index in [2.05, 4.69) is 20.7 Å². The van der Waals surface area contributed by atoms with Crippen LogP contribution in [-0.4, -0.2) is 22.3 Å². The van der Waals surface area contributed by atoms with Crippen molar-refractivity contribution >= 4 is 12.1 Å². The van der Waals surface area contributed by atoms with Crippen molar-refractivity contribution in [1.82, 2.24) is 15.6 Å². The van der Waals surface area contributed by atoms with Gasteiger partial charge in [-0.05, 0) is 17.2 Å². The van der Waals surface area contributed by atoms with Crippen LogP contribution in [-0.2, 0) is 0 Å². The lowest BCUT2D eigenvalue weighted by Gasteiger charge is -1.95. The zero-order valence-electron chi connectivity index (χ0n) is 11.7. The van der Waals surface area contributed by atoms with E-state index >= 15 is 0 Å². The van der Waals surface area contributed by atoms with Crippen LogP contribution in [0.5, 0.6) is 0 Å². The van der Waals surface area contributed by atoms with Crippen LogP contribution in [0.15, 0.2) is 71.8 Å². The highest BCUT2D eigenvalue weighted by Gasteiger charge is 2.10. The molecule has 0 spiro atoms. The van der Waals surface area contributed by atoms with Crippen LogP contribution in [0, 0.1) is 0 Å². The topological polar surface area (TPSA) is 70.1 Å². The Morgan fingerprint density at radius 3 is 2.45 bits per heavy atom. The van der Waals surface area contributed by atoms with Gasteiger partial charge in [-0.3, -0.25) is 9.89 Å². The van der Waals surface area contributed by atoms with Gasteiger partial charge in [-0.25, -0.2) is 5.43 Å². The Morgan fingerprint density at radius 2 is 1.73 bits per heavy atom. The molecule has 5 heteroatoms. The van der Waals surface area contributed by atoms with Gasteiger partial charge in [-0.2, -0.15) is 10.2 Å². The Balaban J connectivity index is 1.66. The smallest absolute Gasteiger partial charge is 0.277 e. The van der Waals surface area contributed by atoms with E-state index < -0.39 is 0 Å². The predicted molar refractivity (Wildman–Crippen MR) is 85.5 cm³/mol. The average molecular weight is 290 g/mol. The van der Waals surface area contributed by atoms with Crippen molar-refractivity contribution < 1.29 is 4.79 Å². The number of nitrogens with one attached hydrogen (secondary N) is 2. The highest BCUT2D eigenvalue weighted by Crippen LogP contribution is 2.16. The fourth-order valence-electron chi connectivity index (χ4n) is 1.97. The first-order chi connectivity index (χ1) is 10.8. The fourth-order valence-corrected chi connectivity index (χ4v) is 1.97. The van der Waals surface area contributed by atoms with Gasteiger partial charge < -0.3 is 0 Å². The van der Waals surface area contributed by atoms with Crippen LogP contribution in [0.1, 0.15) is 16.1 Å². The van der Waals surface area contributed by atoms with E-state index in [9.17, 15) is 4.79 Å². The third kappa shape index (κ3) is 3.27. The highest BCUT2D eigenvalue weighted by molar-refractivity contribution is 5.94. The molecule has 0 aliphatic heterocycles. The molecule has 22 heavy (non-hydrogen) atoms. The summed E-state index contributed by atoms with van der Waals surface area (Å²) in [6.07, 6.45) is 1.59. The number of H-pyrrole nitrogens is 1. The first-order valence-corrected chi connectivity index (χ1v) is 6.82. The van der Waals surface area contributed by atoms with Crippen molar-refractivity contribution in [3.8, 4) is 11.3 Å². The van der Waals surface area contributed by atoms with E-state index in [0.29, 0.717) is 5.69 Å². The molecule has 0 fully saturated rings. The van der Waals surface area contributed by atoms with Gasteiger partial charge in [0, 0.05) is 0 Å². The minimum Gasteiger partial charge on any atom is -0.277 e. The van der Waals surface area contributed by atoms with Gasteiger partial charge in [0.25, 0.3) is 5.91 Å². The number of aromatic nitrogens is 2. The van der Waals surface area contributed by atoms with Gasteiger partial charge in [-0.1, -0.05) is 60.7 Å². The lowest BCUT2D eigenvalue weighted by molar-refractivity contribution is 0.0950. The maximum Gasteiger partial charge on any atom is 0.291 e. The van der Waals surface area contributed by atoms with Gasteiger partial charge in [0.15, 0.2) is 5.69 Å². The molecule has 2 N–H and O–H groups in total. The largest absolute Gasteiger partial charge is 0.291 e. The molecular formula is C17H14N4O. The summed E-state index contributed by atoms with van der Waals surface area (Å²) in [6, 6.07) is 20.9. The summed E-state index contributed by atoms with van der Waals surface area (Å²) in [4.78, 5) is 12.0. The average Bonchev–Trinajstić information content (AvgIpc) is 3.07. The molecule has 5 nitrogen and oxygen atoms in total. The lowest BCUT2D eigenvalue weighted by Crippen LogP contribution is -2.17. The molecule has 3 rings (SSSR count). The molecular weight excluding hydrogens is 276 g/mol. The molecule has 2 aromatic carbocycles. The van der Waals surface area contributed by atoms with Crippen LogP contribution in [0.3, 0.4) is 0 Å². The summed E-state index contributed by atoms with van der Waals surface area (Å²) in [5.74, 6) is -0.356. The molecule has 1 heterocycles. The Hall–Kier alpha value is -3.21. The number of hydrogen-bond acceptors (Lipinski definition) is 3. The third-order valence-electron chi connectivity index (χ3n) is 3.07. The van der Waals surface area contributed by atoms with Gasteiger partial charge in [0.05, 0.1) is 11.9 Å². The number of hydrazone groups is 1. The maximum absolute atomic E-state index is 12.0. The van der Waals surface area contributed by atoms with E-state index in [-0.39, 0.29) is 5.91 Å². The van der Waals surface area contributed by atoms with E-state index in [4.69, 9.17) is 0 Å². The second-order valence-electron chi connectivity index (χ2n) is 4.64. The second kappa shape index (κ2) is 6.49. The molecule has 0 radical (unpaired) electrons. The Bertz CT molecular complexity index is 779. The van der Waals surface area contributed by atoms with E-state index in [1.165, 1.54) is 0 Å². The Morgan fingerprint density at radius 1 is 1.05 bits per heavy atom. The normalized spacial score (nSPS) is 10.7. The number of aromatic amines is 1. The minimum absolute atomic E-state index is 0.295. The van der Waals surface area contributed by atoms with Crippen molar-refractivity contribution in [2.75, 3.05) is 0 Å². The molecule has 1 amide bonds. The number of rotatable bonds is 4. The number of amides is 1. The van der Waals surface area contributed by atoms with Crippen molar-refractivity contribution in [2.45, 2.75) is 0 Å². The fraction of sp³-hybridized carbons (Fsp3) is 0. The van der Waals surface area contributed by atoms with E-state index in [0.717, 1.165) is 16.8 Å². The number of benzene rings is 2. The van der Waals surface area contributed by atoms with Gasteiger partial charge in [0.2, 0.25) is 0 Å². The summed E-state index contributed by atoms with van der Waals surface area (Å²) in [6.45, 7) is 0. The first kappa shape index (κ1) is 13.8. The van der Waals surface area contributed by atoms with Crippen LogP contribution in [0.2, 0.25) is 0 Å². The molecule has 0 unspecified atom stereocenters. The highest BCUT2D eigenvalue weighted by atomic mass is 16.2. The number of nitrogens with zero attached hydrogens (tertiary/aromatic N) is 2. The second-order valence-corrected chi connectivity index (χ2v) is 4.64. The minimum atomic E-state index is -0.356. The molecule has 0 aliphatic carbocycles. The summed E-state index contributed by atoms with van der Waals surface area (Å²) in [5, 5.41) is 10.8. The van der Waals surface area contributed by atoms with Crippen LogP contribution in [0.25, 0.3) is 11.3 Å². The summed E-state index contributed by atoms with van der Waals surface area (Å²) >= 11 is 0. The van der Waals surface area contributed by atoms with Gasteiger partial charge in [-0.15, -0.1) is 0 Å². The molecule has 0 saturated carbocycles. The van der Waals surface area contributed by atoms with Crippen molar-refractivity contribution in [3.63, 3.8) is 0 Å². The van der Waals surface area contributed by atoms with E-state index in [1.807, 2.05) is 60.7 Å². The Kier molecular flexibility index (Phi) is 4.06. The third-order valence-corrected chi connectivity index (χ3v) is 3.07. The molecule has 0 saturated heterocycles. The molecule has 0 atom stereocenters. The van der Waals surface area contributed by atoms with Crippen LogP contribution >= 0.6 is 0 Å². The standard InChI is InChI=1S/C17H14N4O/c22-17(21-18-12-13-7-3-1-4-8-13)16-11-15(19-20-16)14-9-5-2-6-10-14/h1-12H,(H,19,20)(H,21,22)/b18-12+. The number of hydrogen-bond donors (Lipinski definition) is 2. The van der Waals surface area contributed by atoms with E-state index in [1.54, 1.807) is 12.3 Å². The molecule has 0 bridgehead atoms. The SMILES string of the molecule is O=C(N/N=C/c1ccccc1)c1cc(-c2ccccc2)[nH]n1. The zero-order chi connectivity index (χ0) is 15.2. The van der Waals surface area contributed by atoms with Crippen LogP contribution < -0.4 is 5.43 Å². The molecule has 1 aromatic heterocycles. The zero-order valence-corrected chi connectivity index (χ0v) is 11.7. The predicted octanol–water partition coefficient (Wildman–Crippen LogP) is 2.84. The molecule has 0 aliphatic rings. The summed E-state index contributed by atoms with van der Waals surface area (Å²) < 4.78 is 0. The van der Waals surface area contributed by atoms with Crippen molar-refractivity contribution in [1.29, 1.82) is 0 Å². The first-order valence-electron chi connectivity index (χ1n) is 6.82. The lowest BCUT2D eigenvalue weighted by atomic mass is 10.1.